The van der Waals surface area contributed by atoms with Gasteiger partial charge in [-0.2, -0.15) is 4.98 Å². The van der Waals surface area contributed by atoms with Gasteiger partial charge >= 0.3 is 5.69 Å². The molecule has 4 aromatic rings. The van der Waals surface area contributed by atoms with E-state index in [9.17, 15) is 14.0 Å². The fourth-order valence-corrected chi connectivity index (χ4v) is 4.71. The van der Waals surface area contributed by atoms with Crippen molar-refractivity contribution in [2.45, 2.75) is 32.7 Å². The van der Waals surface area contributed by atoms with Crippen molar-refractivity contribution in [3.05, 3.63) is 62.8 Å². The molecule has 1 fully saturated rings. The molecule has 0 bridgehead atoms. The number of halogens is 1. The minimum Gasteiger partial charge on any atom is -0.333 e. The van der Waals surface area contributed by atoms with Crippen LogP contribution in [0.2, 0.25) is 0 Å². The highest BCUT2D eigenvalue weighted by molar-refractivity contribution is 5.76. The fraction of sp³-hybridized carbons (Fsp3) is 0.409. The molecule has 162 valence electrons. The number of benzene rings is 1. The van der Waals surface area contributed by atoms with Crippen molar-refractivity contribution in [1.82, 2.24) is 23.1 Å². The van der Waals surface area contributed by atoms with Gasteiger partial charge in [0.2, 0.25) is 5.78 Å². The zero-order valence-electron chi connectivity index (χ0n) is 17.8. The van der Waals surface area contributed by atoms with Crippen molar-refractivity contribution < 1.29 is 9.29 Å². The normalized spacial score (nSPS) is 15.3. The van der Waals surface area contributed by atoms with Gasteiger partial charge in [-0.3, -0.25) is 22.9 Å². The third kappa shape index (κ3) is 3.11. The van der Waals surface area contributed by atoms with Crippen LogP contribution in [0.4, 0.5) is 4.39 Å². The van der Waals surface area contributed by atoms with Crippen LogP contribution in [0.15, 0.2) is 40.1 Å². The molecule has 0 spiro atoms. The quantitative estimate of drug-likeness (QED) is 0.522. The second-order valence-corrected chi connectivity index (χ2v) is 8.37. The fourth-order valence-electron chi connectivity index (χ4n) is 4.71. The van der Waals surface area contributed by atoms with Crippen LogP contribution in [0.25, 0.3) is 22.6 Å². The van der Waals surface area contributed by atoms with Crippen molar-refractivity contribution in [2.24, 2.45) is 7.05 Å². The summed E-state index contributed by atoms with van der Waals surface area (Å²) in [7, 11) is 1.63. The lowest BCUT2D eigenvalue weighted by molar-refractivity contribution is -0.905. The molecule has 9 heteroatoms. The van der Waals surface area contributed by atoms with Crippen LogP contribution in [0.1, 0.15) is 25.0 Å². The van der Waals surface area contributed by atoms with Crippen molar-refractivity contribution in [1.29, 1.82) is 0 Å². The Morgan fingerprint density at radius 1 is 1.13 bits per heavy atom. The molecule has 5 rings (SSSR count). The average molecular weight is 425 g/mol. The van der Waals surface area contributed by atoms with E-state index in [1.807, 2.05) is 6.92 Å². The standard InChI is InChI=1S/C22H25FN6O2/c1-15-14-28-18-19(24-21(28)29(15)17-9-5-4-8-16(17)23)25(2)22(31)27(20(18)30)13-12-26-10-6-3-7-11-26/h4-5,8-9,14H,3,6-7,10-13H2,1-2H3/p+1. The number of likely N-dealkylation sites (tertiary alicyclic amines) is 1. The summed E-state index contributed by atoms with van der Waals surface area (Å²) in [5, 5.41) is 0. The first-order chi connectivity index (χ1) is 15.0. The number of para-hydroxylation sites is 1. The third-order valence-electron chi connectivity index (χ3n) is 6.37. The van der Waals surface area contributed by atoms with E-state index in [1.165, 1.54) is 39.4 Å². The van der Waals surface area contributed by atoms with Gasteiger partial charge in [0.25, 0.3) is 5.56 Å². The Balaban J connectivity index is 1.68. The lowest BCUT2D eigenvalue weighted by Gasteiger charge is -2.23. The zero-order chi connectivity index (χ0) is 21.7. The van der Waals surface area contributed by atoms with Crippen LogP contribution >= 0.6 is 0 Å². The van der Waals surface area contributed by atoms with Gasteiger partial charge in [0, 0.05) is 18.9 Å². The van der Waals surface area contributed by atoms with E-state index in [0.717, 1.165) is 25.3 Å². The minimum absolute atomic E-state index is 0.302. The Morgan fingerprint density at radius 3 is 2.61 bits per heavy atom. The number of imidazole rings is 2. The molecule has 0 aliphatic carbocycles. The molecule has 0 saturated carbocycles. The molecule has 0 unspecified atom stereocenters. The molecule has 1 saturated heterocycles. The summed E-state index contributed by atoms with van der Waals surface area (Å²) in [5.74, 6) is 0.0238. The van der Waals surface area contributed by atoms with Crippen LogP contribution < -0.4 is 16.1 Å². The molecule has 31 heavy (non-hydrogen) atoms. The Morgan fingerprint density at radius 2 is 1.87 bits per heavy atom. The number of hydrogen-bond donors (Lipinski definition) is 1. The molecule has 1 aliphatic heterocycles. The SMILES string of the molecule is Cc1cn2c3c(=O)n(CC[NH+]4CCCCC4)c(=O)n(C)c3nc2n1-c1ccccc1F. The van der Waals surface area contributed by atoms with Crippen LogP contribution in [0.3, 0.4) is 0 Å². The number of aromatic nitrogens is 5. The van der Waals surface area contributed by atoms with Gasteiger partial charge in [0.05, 0.1) is 31.9 Å². The van der Waals surface area contributed by atoms with Gasteiger partial charge in [-0.25, -0.2) is 9.18 Å². The predicted molar refractivity (Wildman–Crippen MR) is 116 cm³/mol. The highest BCUT2D eigenvalue weighted by Gasteiger charge is 2.22. The Labute approximate surface area is 177 Å². The first-order valence-corrected chi connectivity index (χ1v) is 10.8. The molecule has 0 amide bonds. The number of rotatable bonds is 4. The predicted octanol–water partition coefficient (Wildman–Crippen LogP) is 0.655. The molecule has 1 aliphatic rings. The molecular formula is C22H26FN6O2+. The highest BCUT2D eigenvalue weighted by atomic mass is 19.1. The Kier molecular flexibility index (Phi) is 4.77. The number of aryl methyl sites for hydroxylation is 2. The zero-order valence-corrected chi connectivity index (χ0v) is 17.8. The van der Waals surface area contributed by atoms with Gasteiger partial charge in [-0.1, -0.05) is 12.1 Å². The van der Waals surface area contributed by atoms with Crippen molar-refractivity contribution in [3.63, 3.8) is 0 Å². The summed E-state index contributed by atoms with van der Waals surface area (Å²) in [4.78, 5) is 32.3. The summed E-state index contributed by atoms with van der Waals surface area (Å²) in [6, 6.07) is 6.44. The first kappa shape index (κ1) is 19.7. The summed E-state index contributed by atoms with van der Waals surface area (Å²) in [5.41, 5.74) is 1.01. The van der Waals surface area contributed by atoms with Crippen LogP contribution in [-0.4, -0.2) is 42.7 Å². The van der Waals surface area contributed by atoms with E-state index in [1.54, 1.807) is 40.4 Å². The van der Waals surface area contributed by atoms with E-state index in [-0.39, 0.29) is 17.1 Å². The molecule has 3 aromatic heterocycles. The Bertz CT molecular complexity index is 1400. The van der Waals surface area contributed by atoms with Crippen LogP contribution in [-0.2, 0) is 13.6 Å². The van der Waals surface area contributed by atoms with Crippen molar-refractivity contribution in [2.75, 3.05) is 19.6 Å². The number of nitrogens with zero attached hydrogens (tertiary/aromatic N) is 5. The molecular weight excluding hydrogens is 399 g/mol. The number of quaternary nitrogens is 1. The topological polar surface area (TPSA) is 70.7 Å². The summed E-state index contributed by atoms with van der Waals surface area (Å²) < 4.78 is 20.6. The first-order valence-electron chi connectivity index (χ1n) is 10.8. The van der Waals surface area contributed by atoms with E-state index < -0.39 is 0 Å². The molecule has 0 radical (unpaired) electrons. The average Bonchev–Trinajstić information content (AvgIpc) is 3.28. The maximum absolute atomic E-state index is 14.5. The van der Waals surface area contributed by atoms with Crippen LogP contribution in [0, 0.1) is 12.7 Å². The highest BCUT2D eigenvalue weighted by Crippen LogP contribution is 2.22. The van der Waals surface area contributed by atoms with Crippen molar-refractivity contribution in [3.8, 4) is 5.69 Å². The summed E-state index contributed by atoms with van der Waals surface area (Å²) in [6.45, 7) is 5.12. The number of hydrogen-bond acceptors (Lipinski definition) is 3. The van der Waals surface area contributed by atoms with E-state index in [0.29, 0.717) is 29.2 Å². The number of nitrogens with one attached hydrogen (secondary N) is 1. The Hall–Kier alpha value is -3.20. The van der Waals surface area contributed by atoms with Crippen LogP contribution in [0.5, 0.6) is 0 Å². The minimum atomic E-state index is -0.383. The third-order valence-corrected chi connectivity index (χ3v) is 6.37. The van der Waals surface area contributed by atoms with Gasteiger partial charge < -0.3 is 4.90 Å². The molecule has 0 atom stereocenters. The number of fused-ring (bicyclic) bond motifs is 3. The molecule has 1 aromatic carbocycles. The molecule has 4 heterocycles. The van der Waals surface area contributed by atoms with Crippen molar-refractivity contribution >= 4 is 16.9 Å². The monoisotopic (exact) mass is 425 g/mol. The lowest BCUT2D eigenvalue weighted by Crippen LogP contribution is -3.13. The van der Waals surface area contributed by atoms with Gasteiger partial charge in [-0.05, 0) is 38.3 Å². The van der Waals surface area contributed by atoms with Gasteiger partial charge in [0.15, 0.2) is 11.2 Å². The van der Waals surface area contributed by atoms with E-state index >= 15 is 0 Å². The molecule has 8 nitrogen and oxygen atoms in total. The van der Waals surface area contributed by atoms with Gasteiger partial charge in [0.1, 0.15) is 5.82 Å². The maximum atomic E-state index is 14.5. The smallest absolute Gasteiger partial charge is 0.332 e. The maximum Gasteiger partial charge on any atom is 0.332 e. The second kappa shape index (κ2) is 7.49. The largest absolute Gasteiger partial charge is 0.333 e. The second-order valence-electron chi connectivity index (χ2n) is 8.37. The van der Waals surface area contributed by atoms with E-state index in [4.69, 9.17) is 0 Å². The van der Waals surface area contributed by atoms with Gasteiger partial charge in [-0.15, -0.1) is 0 Å². The van der Waals surface area contributed by atoms with E-state index in [2.05, 4.69) is 4.98 Å². The lowest BCUT2D eigenvalue weighted by atomic mass is 10.1. The summed E-state index contributed by atoms with van der Waals surface area (Å²) in [6.07, 6.45) is 5.40. The molecule has 1 N–H and O–H groups in total. The number of piperidine rings is 1. The summed E-state index contributed by atoms with van der Waals surface area (Å²) >= 11 is 0.